The standard InChI is InChI=1S/C3H5.BF4.K/c1-2-3-1;2-1(3,4)5;/h1H,2-3H2;;/q;-1;+1. The van der Waals surface area contributed by atoms with Crippen molar-refractivity contribution in [3.8, 4) is 0 Å². The van der Waals surface area contributed by atoms with Crippen molar-refractivity contribution in [1.82, 2.24) is 0 Å². The van der Waals surface area contributed by atoms with Gasteiger partial charge in [0.25, 0.3) is 0 Å². The summed E-state index contributed by atoms with van der Waals surface area (Å²) in [6, 6.07) is 0. The zero-order chi connectivity index (χ0) is 6.62. The fourth-order valence-corrected chi connectivity index (χ4v) is 0. The molecule has 0 nitrogen and oxygen atoms in total. The van der Waals surface area contributed by atoms with Crippen LogP contribution in [0, 0.1) is 6.42 Å². The van der Waals surface area contributed by atoms with Gasteiger partial charge >= 0.3 is 58.6 Å². The molecule has 0 amide bonds. The van der Waals surface area contributed by atoms with Gasteiger partial charge in [0.15, 0.2) is 0 Å². The molecule has 0 heterocycles. The molecule has 1 radical (unpaired) electrons. The fourth-order valence-electron chi connectivity index (χ4n) is 0. The normalized spacial score (nSPS) is 14.7. The molecular formula is C3H5BF4K. The van der Waals surface area contributed by atoms with E-state index in [4.69, 9.17) is 0 Å². The van der Waals surface area contributed by atoms with E-state index in [1.807, 2.05) is 0 Å². The maximum absolute atomic E-state index is 9.75. The van der Waals surface area contributed by atoms with Crippen LogP contribution in [0.2, 0.25) is 0 Å². The van der Waals surface area contributed by atoms with E-state index in [2.05, 4.69) is 6.42 Å². The van der Waals surface area contributed by atoms with E-state index in [-0.39, 0.29) is 51.4 Å². The third-order valence-corrected chi connectivity index (χ3v) is 0.289. The Balaban J connectivity index is 0. The van der Waals surface area contributed by atoms with Gasteiger partial charge in [-0.2, -0.15) is 0 Å². The van der Waals surface area contributed by atoms with Crippen molar-refractivity contribution in [2.24, 2.45) is 0 Å². The van der Waals surface area contributed by atoms with E-state index in [0.717, 1.165) is 0 Å². The van der Waals surface area contributed by atoms with E-state index < -0.39 is 7.25 Å². The first-order valence-corrected chi connectivity index (χ1v) is 2.19. The van der Waals surface area contributed by atoms with Gasteiger partial charge in [-0.1, -0.05) is 0 Å². The summed E-state index contributed by atoms with van der Waals surface area (Å²) in [5.74, 6) is 0. The second-order valence-corrected chi connectivity index (χ2v) is 1.36. The monoisotopic (exact) mass is 167 g/mol. The van der Waals surface area contributed by atoms with Crippen molar-refractivity contribution in [2.75, 3.05) is 0 Å². The first-order chi connectivity index (χ1) is 3.50. The van der Waals surface area contributed by atoms with Gasteiger partial charge < -0.3 is 17.3 Å². The van der Waals surface area contributed by atoms with E-state index in [0.29, 0.717) is 0 Å². The summed E-state index contributed by atoms with van der Waals surface area (Å²) in [6.07, 6.45) is 5.00. The van der Waals surface area contributed by atoms with Crippen LogP contribution in [-0.4, -0.2) is 7.25 Å². The average Bonchev–Trinajstić information content (AvgIpc) is 1.95. The molecule has 0 aromatic rings. The van der Waals surface area contributed by atoms with Crippen molar-refractivity contribution in [1.29, 1.82) is 0 Å². The predicted octanol–water partition coefficient (Wildman–Crippen LogP) is -0.712. The second kappa shape index (κ2) is 6.15. The quantitative estimate of drug-likeness (QED) is 0.330. The Bertz CT molecular complexity index is 52.6. The smallest absolute Gasteiger partial charge is 0.418 e. The van der Waals surface area contributed by atoms with Crippen molar-refractivity contribution < 1.29 is 68.6 Å². The van der Waals surface area contributed by atoms with Crippen molar-refractivity contribution in [3.63, 3.8) is 0 Å². The van der Waals surface area contributed by atoms with E-state index in [1.165, 1.54) is 12.8 Å². The Labute approximate surface area is 93.9 Å². The van der Waals surface area contributed by atoms with Crippen molar-refractivity contribution in [3.05, 3.63) is 6.42 Å². The van der Waals surface area contributed by atoms with Crippen LogP contribution in [0.4, 0.5) is 17.3 Å². The molecule has 0 N–H and O–H groups in total. The van der Waals surface area contributed by atoms with Gasteiger partial charge in [-0.15, -0.1) is 0 Å². The van der Waals surface area contributed by atoms with Crippen LogP contribution >= 0.6 is 0 Å². The third kappa shape index (κ3) is 88.5. The number of hydrogen-bond donors (Lipinski definition) is 0. The van der Waals surface area contributed by atoms with Crippen LogP contribution in [0.1, 0.15) is 12.8 Å². The topological polar surface area (TPSA) is 0 Å². The molecule has 6 heteroatoms. The minimum atomic E-state index is -6.00. The van der Waals surface area contributed by atoms with Gasteiger partial charge in [0.05, 0.1) is 0 Å². The fraction of sp³-hybridized carbons (Fsp3) is 0.667. The molecule has 1 aliphatic carbocycles. The molecule has 1 saturated carbocycles. The molecule has 0 aliphatic heterocycles. The molecule has 0 bridgehead atoms. The summed E-state index contributed by atoms with van der Waals surface area (Å²) in [5, 5.41) is 0. The minimum Gasteiger partial charge on any atom is -0.418 e. The zero-order valence-corrected chi connectivity index (χ0v) is 8.20. The van der Waals surface area contributed by atoms with Gasteiger partial charge in [-0.3, -0.25) is 0 Å². The van der Waals surface area contributed by atoms with Gasteiger partial charge in [0.1, 0.15) is 0 Å². The molecule has 0 atom stereocenters. The van der Waals surface area contributed by atoms with E-state index in [1.54, 1.807) is 0 Å². The van der Waals surface area contributed by atoms with Crippen LogP contribution in [0.5, 0.6) is 0 Å². The first kappa shape index (κ1) is 13.0. The Kier molecular flexibility index (Phi) is 8.92. The molecule has 0 unspecified atom stereocenters. The summed E-state index contributed by atoms with van der Waals surface area (Å²) in [5.41, 5.74) is 0. The van der Waals surface area contributed by atoms with Crippen LogP contribution in [0.3, 0.4) is 0 Å². The molecule has 1 fully saturated rings. The van der Waals surface area contributed by atoms with Crippen molar-refractivity contribution in [2.45, 2.75) is 12.8 Å². The number of hydrogen-bond acceptors (Lipinski definition) is 0. The molecular weight excluding hydrogens is 162 g/mol. The first-order valence-electron chi connectivity index (χ1n) is 2.19. The molecule has 1 aliphatic rings. The third-order valence-electron chi connectivity index (χ3n) is 0.289. The average molecular weight is 167 g/mol. The van der Waals surface area contributed by atoms with E-state index in [9.17, 15) is 17.3 Å². The van der Waals surface area contributed by atoms with Crippen LogP contribution in [0.15, 0.2) is 0 Å². The Morgan fingerprint density at radius 2 is 1.11 bits per heavy atom. The maximum atomic E-state index is 9.75. The van der Waals surface area contributed by atoms with Crippen LogP contribution < -0.4 is 51.4 Å². The second-order valence-electron chi connectivity index (χ2n) is 1.36. The van der Waals surface area contributed by atoms with Gasteiger partial charge in [-0.05, 0) is 19.3 Å². The van der Waals surface area contributed by atoms with Crippen LogP contribution in [0.25, 0.3) is 0 Å². The summed E-state index contributed by atoms with van der Waals surface area (Å²) < 4.78 is 39.0. The summed E-state index contributed by atoms with van der Waals surface area (Å²) >= 11 is 0. The molecule has 0 aromatic carbocycles. The Morgan fingerprint density at radius 1 is 1.00 bits per heavy atom. The zero-order valence-electron chi connectivity index (χ0n) is 5.08. The number of rotatable bonds is 0. The molecule has 9 heavy (non-hydrogen) atoms. The molecule has 0 aromatic heterocycles. The summed E-state index contributed by atoms with van der Waals surface area (Å²) in [7, 11) is -6.00. The van der Waals surface area contributed by atoms with Gasteiger partial charge in [-0.25, -0.2) is 0 Å². The minimum absolute atomic E-state index is 0. The molecule has 49 valence electrons. The Morgan fingerprint density at radius 3 is 1.11 bits per heavy atom. The van der Waals surface area contributed by atoms with E-state index >= 15 is 0 Å². The maximum Gasteiger partial charge on any atom is 1.00 e. The summed E-state index contributed by atoms with van der Waals surface area (Å²) in [6.45, 7) is 0. The van der Waals surface area contributed by atoms with Crippen LogP contribution in [-0.2, 0) is 0 Å². The van der Waals surface area contributed by atoms with Gasteiger partial charge in [0, 0.05) is 0 Å². The SMILES string of the molecule is F[B-](F)(F)F.[CH]1CC1.[K+]. The predicted molar refractivity (Wildman–Crippen MR) is 23.7 cm³/mol. The molecule has 0 spiro atoms. The molecule has 1 rings (SSSR count). The Hall–Kier alpha value is 1.42. The number of halogens is 4. The summed E-state index contributed by atoms with van der Waals surface area (Å²) in [4.78, 5) is 0. The largest absolute Gasteiger partial charge is 1.00 e. The van der Waals surface area contributed by atoms with Crippen molar-refractivity contribution >= 4 is 7.25 Å². The molecule has 0 saturated heterocycles. The van der Waals surface area contributed by atoms with Gasteiger partial charge in [0.2, 0.25) is 0 Å².